The first-order chi connectivity index (χ1) is 13.9. The van der Waals surface area contributed by atoms with E-state index in [9.17, 15) is 9.59 Å². The van der Waals surface area contributed by atoms with Crippen molar-refractivity contribution in [3.63, 3.8) is 0 Å². The van der Waals surface area contributed by atoms with E-state index in [0.717, 1.165) is 16.8 Å². The van der Waals surface area contributed by atoms with E-state index in [4.69, 9.17) is 4.74 Å². The number of aryl methyl sites for hydroxylation is 3. The summed E-state index contributed by atoms with van der Waals surface area (Å²) in [4.78, 5) is 32.6. The van der Waals surface area contributed by atoms with Crippen molar-refractivity contribution in [1.29, 1.82) is 0 Å². The number of aromatic nitrogens is 4. The lowest BCUT2D eigenvalue weighted by Gasteiger charge is -2.09. The van der Waals surface area contributed by atoms with Crippen LogP contribution in [0, 0.1) is 13.8 Å². The molecule has 2 N–H and O–H groups in total. The highest BCUT2D eigenvalue weighted by molar-refractivity contribution is 6.06. The maximum atomic E-state index is 12.9. The Labute approximate surface area is 166 Å². The van der Waals surface area contributed by atoms with Crippen molar-refractivity contribution >= 4 is 27.8 Å². The van der Waals surface area contributed by atoms with Gasteiger partial charge in [-0.05, 0) is 44.2 Å². The molecular weight excluding hydrogens is 370 g/mol. The summed E-state index contributed by atoms with van der Waals surface area (Å²) >= 11 is 0. The molecule has 0 unspecified atom stereocenters. The minimum Gasteiger partial charge on any atom is -0.497 e. The lowest BCUT2D eigenvalue weighted by atomic mass is 10.1. The van der Waals surface area contributed by atoms with E-state index >= 15 is 0 Å². The summed E-state index contributed by atoms with van der Waals surface area (Å²) in [5.74, 6) is 0.419. The summed E-state index contributed by atoms with van der Waals surface area (Å²) in [5, 5.41) is 8.76. The number of rotatable bonds is 4. The fraction of sp³-hybridized carbons (Fsp3) is 0.238. The van der Waals surface area contributed by atoms with E-state index in [1.165, 1.54) is 0 Å². The number of H-pyrrole nitrogens is 1. The number of aromatic amines is 1. The Kier molecular flexibility index (Phi) is 4.54. The highest BCUT2D eigenvalue weighted by atomic mass is 16.5. The molecule has 29 heavy (non-hydrogen) atoms. The average Bonchev–Trinajstić information content (AvgIpc) is 2.98. The number of ether oxygens (including phenoxy) is 1. The molecule has 0 aliphatic rings. The second kappa shape index (κ2) is 7.05. The molecular formula is C21H21N5O3. The van der Waals surface area contributed by atoms with Gasteiger partial charge in [0.1, 0.15) is 5.75 Å². The predicted octanol–water partition coefficient (Wildman–Crippen LogP) is 2.37. The molecule has 4 aromatic rings. The average molecular weight is 391 g/mol. The molecule has 3 aromatic heterocycles. The van der Waals surface area contributed by atoms with Crippen LogP contribution in [0.1, 0.15) is 27.3 Å². The summed E-state index contributed by atoms with van der Waals surface area (Å²) in [5.41, 5.74) is 3.54. The highest BCUT2D eigenvalue weighted by Crippen LogP contribution is 2.22. The molecule has 8 heteroatoms. The number of carbonyl (C=O) groups excluding carboxylic acids is 1. The van der Waals surface area contributed by atoms with Crippen LogP contribution in [0.2, 0.25) is 0 Å². The molecule has 3 heterocycles. The maximum absolute atomic E-state index is 12.9. The van der Waals surface area contributed by atoms with Crippen molar-refractivity contribution in [2.45, 2.75) is 20.4 Å². The van der Waals surface area contributed by atoms with Gasteiger partial charge in [-0.1, -0.05) is 0 Å². The zero-order chi connectivity index (χ0) is 20.7. The van der Waals surface area contributed by atoms with Crippen LogP contribution in [0.5, 0.6) is 5.75 Å². The molecule has 1 aromatic carbocycles. The highest BCUT2D eigenvalue weighted by Gasteiger charge is 2.18. The van der Waals surface area contributed by atoms with Crippen molar-refractivity contribution in [3.05, 3.63) is 63.2 Å². The first-order valence-electron chi connectivity index (χ1n) is 9.16. The van der Waals surface area contributed by atoms with Crippen molar-refractivity contribution in [2.75, 3.05) is 7.11 Å². The van der Waals surface area contributed by atoms with Crippen LogP contribution in [-0.2, 0) is 13.6 Å². The Morgan fingerprint density at radius 2 is 2.03 bits per heavy atom. The number of nitrogens with zero attached hydrogens (tertiary/aromatic N) is 3. The standard InChI is InChI=1S/C21H21N5O3/c1-11-7-16(18-12(2)25-26(3)19(18)23-11)21(28)22-10-14-8-13-9-15(29-4)5-6-17(13)24-20(14)27/h5-9H,10H2,1-4H3,(H,22,28)(H,24,27). The third-order valence-electron chi connectivity index (χ3n) is 4.91. The molecule has 8 nitrogen and oxygen atoms in total. The summed E-state index contributed by atoms with van der Waals surface area (Å²) in [6.45, 7) is 3.78. The van der Waals surface area contributed by atoms with Crippen LogP contribution in [0.4, 0.5) is 0 Å². The zero-order valence-corrected chi connectivity index (χ0v) is 16.7. The van der Waals surface area contributed by atoms with Gasteiger partial charge in [0.05, 0.1) is 23.8 Å². The number of benzene rings is 1. The zero-order valence-electron chi connectivity index (χ0n) is 16.7. The Morgan fingerprint density at radius 1 is 1.24 bits per heavy atom. The van der Waals surface area contributed by atoms with Crippen molar-refractivity contribution in [1.82, 2.24) is 25.1 Å². The summed E-state index contributed by atoms with van der Waals surface area (Å²) in [7, 11) is 3.39. The van der Waals surface area contributed by atoms with E-state index in [2.05, 4.69) is 20.4 Å². The fourth-order valence-corrected chi connectivity index (χ4v) is 3.51. The quantitative estimate of drug-likeness (QED) is 0.556. The summed E-state index contributed by atoms with van der Waals surface area (Å²) in [6, 6.07) is 8.92. The van der Waals surface area contributed by atoms with E-state index in [-0.39, 0.29) is 18.0 Å². The minimum absolute atomic E-state index is 0.101. The number of hydrogen-bond acceptors (Lipinski definition) is 5. The molecule has 148 valence electrons. The summed E-state index contributed by atoms with van der Waals surface area (Å²) in [6.07, 6.45) is 0. The largest absolute Gasteiger partial charge is 0.497 e. The van der Waals surface area contributed by atoms with E-state index < -0.39 is 0 Å². The van der Waals surface area contributed by atoms with Crippen molar-refractivity contribution in [3.8, 4) is 5.75 Å². The van der Waals surface area contributed by atoms with E-state index in [1.807, 2.05) is 19.9 Å². The molecule has 0 atom stereocenters. The first-order valence-corrected chi connectivity index (χ1v) is 9.16. The Hall–Kier alpha value is -3.68. The molecule has 1 amide bonds. The van der Waals surface area contributed by atoms with Gasteiger partial charge in [-0.3, -0.25) is 14.3 Å². The van der Waals surface area contributed by atoms with Crippen LogP contribution in [0.15, 0.2) is 35.1 Å². The van der Waals surface area contributed by atoms with Gasteiger partial charge in [-0.25, -0.2) is 4.98 Å². The van der Waals surface area contributed by atoms with Gasteiger partial charge in [0.2, 0.25) is 0 Å². The van der Waals surface area contributed by atoms with Crippen LogP contribution in [0.25, 0.3) is 21.9 Å². The Bertz CT molecular complexity index is 1320. The number of pyridine rings is 2. The fourth-order valence-electron chi connectivity index (χ4n) is 3.51. The molecule has 0 radical (unpaired) electrons. The molecule has 0 aliphatic carbocycles. The number of fused-ring (bicyclic) bond motifs is 2. The maximum Gasteiger partial charge on any atom is 0.253 e. The number of nitrogens with one attached hydrogen (secondary N) is 2. The Morgan fingerprint density at radius 3 is 2.79 bits per heavy atom. The third-order valence-corrected chi connectivity index (χ3v) is 4.91. The molecule has 0 saturated heterocycles. The van der Waals surface area contributed by atoms with Crippen LogP contribution in [-0.4, -0.2) is 32.8 Å². The second-order valence-corrected chi connectivity index (χ2v) is 6.98. The summed E-state index contributed by atoms with van der Waals surface area (Å²) < 4.78 is 6.90. The lowest BCUT2D eigenvalue weighted by Crippen LogP contribution is -2.27. The van der Waals surface area contributed by atoms with Crippen molar-refractivity contribution < 1.29 is 9.53 Å². The van der Waals surface area contributed by atoms with Gasteiger partial charge in [0.15, 0.2) is 5.65 Å². The van der Waals surface area contributed by atoms with Gasteiger partial charge in [-0.2, -0.15) is 5.10 Å². The van der Waals surface area contributed by atoms with Crippen molar-refractivity contribution in [2.24, 2.45) is 7.05 Å². The number of carbonyl (C=O) groups is 1. The molecule has 0 spiro atoms. The number of amides is 1. The smallest absolute Gasteiger partial charge is 0.253 e. The van der Waals surface area contributed by atoms with Gasteiger partial charge >= 0.3 is 0 Å². The monoisotopic (exact) mass is 391 g/mol. The normalized spacial score (nSPS) is 11.2. The van der Waals surface area contributed by atoms with Gasteiger partial charge in [0, 0.05) is 35.8 Å². The lowest BCUT2D eigenvalue weighted by molar-refractivity contribution is 0.0952. The molecule has 0 bridgehead atoms. The van der Waals surface area contributed by atoms with Gasteiger partial charge in [-0.15, -0.1) is 0 Å². The van der Waals surface area contributed by atoms with E-state index in [0.29, 0.717) is 33.4 Å². The third kappa shape index (κ3) is 3.33. The molecule has 4 rings (SSSR count). The number of hydrogen-bond donors (Lipinski definition) is 2. The van der Waals surface area contributed by atoms with Gasteiger partial charge in [0.25, 0.3) is 11.5 Å². The Balaban J connectivity index is 1.66. The van der Waals surface area contributed by atoms with Crippen LogP contribution >= 0.6 is 0 Å². The second-order valence-electron chi connectivity index (χ2n) is 6.98. The molecule has 0 saturated carbocycles. The van der Waals surface area contributed by atoms with E-state index in [1.54, 1.807) is 43.1 Å². The van der Waals surface area contributed by atoms with Gasteiger partial charge < -0.3 is 15.0 Å². The first kappa shape index (κ1) is 18.7. The predicted molar refractivity (Wildman–Crippen MR) is 110 cm³/mol. The van der Waals surface area contributed by atoms with Crippen LogP contribution < -0.4 is 15.6 Å². The number of methoxy groups -OCH3 is 1. The minimum atomic E-state index is -0.276. The topological polar surface area (TPSA) is 102 Å². The van der Waals surface area contributed by atoms with Crippen LogP contribution in [0.3, 0.4) is 0 Å². The molecule has 0 fully saturated rings. The molecule has 0 aliphatic heterocycles. The SMILES string of the molecule is COc1ccc2[nH]c(=O)c(CNC(=O)c3cc(C)nc4c3c(C)nn4C)cc2c1.